The van der Waals surface area contributed by atoms with E-state index in [2.05, 4.69) is 16.7 Å². The monoisotopic (exact) mass is 391 g/mol. The van der Waals surface area contributed by atoms with Crippen molar-refractivity contribution in [3.8, 4) is 5.69 Å². The van der Waals surface area contributed by atoms with E-state index < -0.39 is 0 Å². The number of nitrogens with two attached hydrogens (primary N) is 1. The number of ether oxygens (including phenoxy) is 1. The van der Waals surface area contributed by atoms with Gasteiger partial charge in [-0.05, 0) is 57.9 Å². The van der Waals surface area contributed by atoms with E-state index in [0.717, 1.165) is 55.0 Å². The highest BCUT2D eigenvalue weighted by molar-refractivity contribution is 5.96. The van der Waals surface area contributed by atoms with Crippen LogP contribution in [0.25, 0.3) is 5.69 Å². The normalized spacial score (nSPS) is 14.9. The summed E-state index contributed by atoms with van der Waals surface area (Å²) < 4.78 is 7.99. The zero-order valence-corrected chi connectivity index (χ0v) is 17.0. The summed E-state index contributed by atoms with van der Waals surface area (Å²) in [5.41, 5.74) is 9.48. The van der Waals surface area contributed by atoms with Crippen LogP contribution in [-0.4, -0.2) is 47.7 Å². The average Bonchev–Trinajstić information content (AvgIpc) is 2.97. The number of carbonyl (C=O) groups excluding carboxylic acids is 1. The third-order valence-corrected chi connectivity index (χ3v) is 5.11. The Kier molecular flexibility index (Phi) is 7.90. The lowest BCUT2D eigenvalue weighted by atomic mass is 10.1. The van der Waals surface area contributed by atoms with E-state index in [4.69, 9.17) is 10.5 Å². The minimum Gasteiger partial charge on any atom is -0.378 e. The molecule has 1 aliphatic rings. The van der Waals surface area contributed by atoms with Crippen molar-refractivity contribution in [3.63, 3.8) is 0 Å². The van der Waals surface area contributed by atoms with E-state index in [1.54, 1.807) is 0 Å². The molecule has 2 N–H and O–H groups in total. The summed E-state index contributed by atoms with van der Waals surface area (Å²) in [6.45, 7) is 6.95. The molecular weight excluding hydrogens is 362 g/mol. The topological polar surface area (TPSA) is 60.5 Å². The number of amides is 1. The summed E-state index contributed by atoms with van der Waals surface area (Å²) in [4.78, 5) is 15.0. The molecule has 0 atom stereocenters. The van der Waals surface area contributed by atoms with Crippen LogP contribution in [-0.2, 0) is 4.74 Å². The Morgan fingerprint density at radius 1 is 1.19 bits per heavy atom. The zero-order chi connectivity index (χ0) is 18.5. The van der Waals surface area contributed by atoms with Crippen LogP contribution in [0.3, 0.4) is 0 Å². The first kappa shape index (κ1) is 21.5. The summed E-state index contributed by atoms with van der Waals surface area (Å²) in [5, 5.41) is 0. The highest BCUT2D eigenvalue weighted by atomic mass is 35.5. The van der Waals surface area contributed by atoms with Crippen molar-refractivity contribution in [3.05, 3.63) is 53.3 Å². The number of aryl methyl sites for hydroxylation is 1. The van der Waals surface area contributed by atoms with Crippen molar-refractivity contribution in [2.24, 2.45) is 5.73 Å². The first-order valence-electron chi connectivity index (χ1n) is 9.47. The summed E-state index contributed by atoms with van der Waals surface area (Å²) in [6, 6.07) is 12.2. The van der Waals surface area contributed by atoms with Crippen LogP contribution in [0.4, 0.5) is 0 Å². The SMILES string of the molecule is Cc1cc(C(=O)N2CCC(OCCCN)CC2)c(C)n1-c1ccccc1.Cl. The van der Waals surface area contributed by atoms with Crippen LogP contribution < -0.4 is 5.73 Å². The predicted molar refractivity (Wildman–Crippen MR) is 111 cm³/mol. The zero-order valence-electron chi connectivity index (χ0n) is 16.2. The van der Waals surface area contributed by atoms with E-state index in [1.807, 2.05) is 43.0 Å². The van der Waals surface area contributed by atoms with Gasteiger partial charge in [0.25, 0.3) is 5.91 Å². The second-order valence-electron chi connectivity index (χ2n) is 6.96. The molecule has 0 saturated carbocycles. The quantitative estimate of drug-likeness (QED) is 0.767. The number of likely N-dealkylation sites (tertiary alicyclic amines) is 1. The maximum Gasteiger partial charge on any atom is 0.255 e. The van der Waals surface area contributed by atoms with Gasteiger partial charge in [-0.1, -0.05) is 18.2 Å². The van der Waals surface area contributed by atoms with Crippen LogP contribution in [0, 0.1) is 13.8 Å². The molecule has 0 radical (unpaired) electrons. The fourth-order valence-electron chi connectivity index (χ4n) is 3.68. The van der Waals surface area contributed by atoms with Crippen LogP contribution >= 0.6 is 12.4 Å². The fourth-order valence-corrected chi connectivity index (χ4v) is 3.68. The lowest BCUT2D eigenvalue weighted by Crippen LogP contribution is -2.41. The third-order valence-electron chi connectivity index (χ3n) is 5.11. The molecule has 1 aromatic heterocycles. The van der Waals surface area contributed by atoms with Gasteiger partial charge in [-0.3, -0.25) is 4.79 Å². The van der Waals surface area contributed by atoms with Gasteiger partial charge in [0.2, 0.25) is 0 Å². The molecule has 0 unspecified atom stereocenters. The van der Waals surface area contributed by atoms with Gasteiger partial charge in [0.15, 0.2) is 0 Å². The predicted octanol–water partition coefficient (Wildman–Crippen LogP) is 3.49. The van der Waals surface area contributed by atoms with Crippen molar-refractivity contribution >= 4 is 18.3 Å². The maximum absolute atomic E-state index is 13.0. The van der Waals surface area contributed by atoms with E-state index >= 15 is 0 Å². The minimum atomic E-state index is 0. The van der Waals surface area contributed by atoms with Crippen molar-refractivity contribution in [2.45, 2.75) is 39.2 Å². The van der Waals surface area contributed by atoms with Gasteiger partial charge in [-0.15, -0.1) is 12.4 Å². The van der Waals surface area contributed by atoms with E-state index in [0.29, 0.717) is 13.2 Å². The standard InChI is InChI=1S/C21H29N3O2.ClH/c1-16-15-20(17(2)24(16)18-7-4-3-5-8-18)21(25)23-12-9-19(10-13-23)26-14-6-11-22;/h3-5,7-8,15,19H,6,9-14,22H2,1-2H3;1H. The van der Waals surface area contributed by atoms with E-state index in [1.165, 1.54) is 0 Å². The molecule has 1 amide bonds. The maximum atomic E-state index is 13.0. The van der Waals surface area contributed by atoms with Crippen molar-refractivity contribution in [1.29, 1.82) is 0 Å². The molecule has 1 aliphatic heterocycles. The van der Waals surface area contributed by atoms with Gasteiger partial charge in [0, 0.05) is 36.8 Å². The molecule has 6 heteroatoms. The molecule has 1 fully saturated rings. The number of piperidine rings is 1. The Hall–Kier alpha value is -1.82. The Morgan fingerprint density at radius 2 is 1.85 bits per heavy atom. The number of halogens is 1. The summed E-state index contributed by atoms with van der Waals surface area (Å²) in [6.07, 6.45) is 2.94. The number of hydrogen-bond donors (Lipinski definition) is 1. The average molecular weight is 392 g/mol. The van der Waals surface area contributed by atoms with Crippen LogP contribution in [0.15, 0.2) is 36.4 Å². The molecular formula is C21H30ClN3O2. The molecule has 27 heavy (non-hydrogen) atoms. The number of hydrogen-bond acceptors (Lipinski definition) is 3. The first-order valence-corrected chi connectivity index (χ1v) is 9.47. The Morgan fingerprint density at radius 3 is 2.48 bits per heavy atom. The summed E-state index contributed by atoms with van der Waals surface area (Å²) >= 11 is 0. The van der Waals surface area contributed by atoms with Crippen LogP contribution in [0.1, 0.15) is 41.0 Å². The Bertz CT molecular complexity index is 737. The van der Waals surface area contributed by atoms with Crippen LogP contribution in [0.2, 0.25) is 0 Å². The Labute approximate surface area is 167 Å². The Balaban J connectivity index is 0.00000261. The summed E-state index contributed by atoms with van der Waals surface area (Å²) in [7, 11) is 0. The molecule has 148 valence electrons. The first-order chi connectivity index (χ1) is 12.6. The van der Waals surface area contributed by atoms with Gasteiger partial charge in [0.05, 0.1) is 11.7 Å². The fraction of sp³-hybridized carbons (Fsp3) is 0.476. The van der Waals surface area contributed by atoms with Crippen molar-refractivity contribution in [1.82, 2.24) is 9.47 Å². The molecule has 2 heterocycles. The number of rotatable bonds is 6. The third kappa shape index (κ3) is 4.92. The molecule has 2 aromatic rings. The second-order valence-corrected chi connectivity index (χ2v) is 6.96. The molecule has 0 bridgehead atoms. The van der Waals surface area contributed by atoms with Crippen molar-refractivity contribution < 1.29 is 9.53 Å². The molecule has 1 saturated heterocycles. The number of aromatic nitrogens is 1. The smallest absolute Gasteiger partial charge is 0.255 e. The van der Waals surface area contributed by atoms with Gasteiger partial charge in [-0.25, -0.2) is 0 Å². The lowest BCUT2D eigenvalue weighted by molar-refractivity contribution is 0.00843. The number of carbonyl (C=O) groups is 1. The number of benzene rings is 1. The lowest BCUT2D eigenvalue weighted by Gasteiger charge is -2.32. The number of nitrogens with zero attached hydrogens (tertiary/aromatic N) is 2. The number of para-hydroxylation sites is 1. The largest absolute Gasteiger partial charge is 0.378 e. The van der Waals surface area contributed by atoms with Crippen molar-refractivity contribution in [2.75, 3.05) is 26.2 Å². The molecule has 5 nitrogen and oxygen atoms in total. The van der Waals surface area contributed by atoms with Gasteiger partial charge < -0.3 is 19.9 Å². The van der Waals surface area contributed by atoms with Gasteiger partial charge in [0.1, 0.15) is 0 Å². The summed E-state index contributed by atoms with van der Waals surface area (Å²) in [5.74, 6) is 0.126. The molecule has 0 aliphatic carbocycles. The van der Waals surface area contributed by atoms with Gasteiger partial charge >= 0.3 is 0 Å². The molecule has 3 rings (SSSR count). The highest BCUT2D eigenvalue weighted by Gasteiger charge is 2.26. The molecule has 1 aromatic carbocycles. The molecule has 0 spiro atoms. The van der Waals surface area contributed by atoms with E-state index in [9.17, 15) is 4.79 Å². The van der Waals surface area contributed by atoms with E-state index in [-0.39, 0.29) is 24.4 Å². The van der Waals surface area contributed by atoms with Crippen LogP contribution in [0.5, 0.6) is 0 Å². The highest BCUT2D eigenvalue weighted by Crippen LogP contribution is 2.24. The second kappa shape index (κ2) is 9.93. The minimum absolute atomic E-state index is 0. The van der Waals surface area contributed by atoms with Gasteiger partial charge in [-0.2, -0.15) is 0 Å².